The maximum atomic E-state index is 12.3. The number of β-amino-alcohol motifs (C(OH)–C–C–N with tert-alkyl or cyclic N) is 2. The van der Waals surface area contributed by atoms with E-state index in [4.69, 9.17) is 18.9 Å². The molecule has 2 saturated heterocycles. The van der Waals surface area contributed by atoms with Gasteiger partial charge in [-0.05, 0) is 0 Å². The number of rotatable bonds is 10. The number of aliphatic hydroxyl groups is 2. The van der Waals surface area contributed by atoms with Crippen LogP contribution in [0, 0.1) is 0 Å². The molecule has 0 bridgehead atoms. The van der Waals surface area contributed by atoms with Gasteiger partial charge in [0.25, 0.3) is 0 Å². The van der Waals surface area contributed by atoms with Gasteiger partial charge >= 0.3 is 0 Å². The van der Waals surface area contributed by atoms with Crippen LogP contribution in [0.3, 0.4) is 0 Å². The maximum Gasteiger partial charge on any atom is 0.183 e. The quantitative estimate of drug-likeness (QED) is 0.380. The zero-order valence-electron chi connectivity index (χ0n) is 16.4. The summed E-state index contributed by atoms with van der Waals surface area (Å²) in [5.41, 5.74) is 0. The highest BCUT2D eigenvalue weighted by Crippen LogP contribution is 2.28. The Bertz CT molecular complexity index is 513. The third-order valence-corrected chi connectivity index (χ3v) is 7.01. The van der Waals surface area contributed by atoms with Crippen molar-refractivity contribution in [1.29, 1.82) is 0 Å². The van der Waals surface area contributed by atoms with Gasteiger partial charge in [-0.15, -0.1) is 0 Å². The number of sulfone groups is 1. The molecule has 0 radical (unpaired) electrons. The molecule has 2 fully saturated rings. The minimum absolute atomic E-state index is 0.0274. The number of hydrogen-bond donors (Lipinski definition) is 2. The number of aliphatic hydroxyl groups excluding tert-OH is 2. The van der Waals surface area contributed by atoms with E-state index in [2.05, 4.69) is 0 Å². The third kappa shape index (κ3) is 5.58. The molecule has 160 valence electrons. The minimum Gasteiger partial charge on any atom is -0.386 e. The molecule has 11 heteroatoms. The van der Waals surface area contributed by atoms with E-state index in [1.54, 1.807) is 0 Å². The Balaban J connectivity index is 2.08. The van der Waals surface area contributed by atoms with Crippen molar-refractivity contribution in [3.05, 3.63) is 0 Å². The number of ether oxygens (including phenoxy) is 4. The van der Waals surface area contributed by atoms with Crippen LogP contribution in [0.25, 0.3) is 0 Å². The number of nitrogens with zero attached hydrogens (tertiary/aromatic N) is 2. The fourth-order valence-corrected chi connectivity index (χ4v) is 6.07. The molecule has 0 saturated carbocycles. The van der Waals surface area contributed by atoms with Crippen LogP contribution in [0.5, 0.6) is 0 Å². The molecule has 2 N–H and O–H groups in total. The summed E-state index contributed by atoms with van der Waals surface area (Å²) in [7, 11) is 2.58. The number of fused-ring (bicyclic) bond motifs is 1. The van der Waals surface area contributed by atoms with Crippen molar-refractivity contribution in [3.8, 4) is 0 Å². The molecule has 2 aliphatic heterocycles. The molecule has 10 nitrogen and oxygen atoms in total. The van der Waals surface area contributed by atoms with E-state index in [-0.39, 0.29) is 36.7 Å². The van der Waals surface area contributed by atoms with Crippen LogP contribution < -0.4 is 0 Å². The van der Waals surface area contributed by atoms with Crippen molar-refractivity contribution in [2.75, 3.05) is 66.1 Å². The normalized spacial score (nSPS) is 28.6. The highest BCUT2D eigenvalue weighted by molar-refractivity contribution is 7.91. The summed E-state index contributed by atoms with van der Waals surface area (Å²) in [6.07, 6.45) is -3.34. The second-order valence-corrected chi connectivity index (χ2v) is 9.17. The third-order valence-electron chi connectivity index (χ3n) is 5.31. The fraction of sp³-hybridized carbons (Fsp3) is 1.00. The van der Waals surface area contributed by atoms with Gasteiger partial charge in [-0.1, -0.05) is 0 Å². The molecule has 0 aliphatic carbocycles. The molecular formula is C16H32N2O8S. The second-order valence-electron chi connectivity index (χ2n) is 7.02. The van der Waals surface area contributed by atoms with E-state index >= 15 is 0 Å². The molecule has 0 spiro atoms. The Labute approximate surface area is 160 Å². The van der Waals surface area contributed by atoms with E-state index in [9.17, 15) is 18.6 Å². The largest absolute Gasteiger partial charge is 0.386 e. The van der Waals surface area contributed by atoms with Gasteiger partial charge in [-0.3, -0.25) is 9.80 Å². The molecule has 4 atom stereocenters. The Hall–Kier alpha value is -0.370. The zero-order valence-corrected chi connectivity index (χ0v) is 17.2. The van der Waals surface area contributed by atoms with Gasteiger partial charge in [0.2, 0.25) is 0 Å². The fourth-order valence-electron chi connectivity index (χ4n) is 4.02. The SMILES string of the molecule is COC(OC)C(O)CN1CCN(CC(O)C(OC)OC)C2CS(=O)(=O)CC21. The highest BCUT2D eigenvalue weighted by atomic mass is 32.2. The average molecular weight is 413 g/mol. The van der Waals surface area contributed by atoms with Gasteiger partial charge in [-0.2, -0.15) is 0 Å². The summed E-state index contributed by atoms with van der Waals surface area (Å²) in [4.78, 5) is 3.94. The van der Waals surface area contributed by atoms with E-state index in [1.807, 2.05) is 9.80 Å². The first kappa shape index (κ1) is 22.9. The molecule has 2 rings (SSSR count). The van der Waals surface area contributed by atoms with Crippen LogP contribution in [0.4, 0.5) is 0 Å². The van der Waals surface area contributed by atoms with Gasteiger partial charge in [0, 0.05) is 66.7 Å². The Morgan fingerprint density at radius 1 is 0.815 bits per heavy atom. The predicted octanol–water partition coefficient (Wildman–Crippen LogP) is -2.27. The average Bonchev–Trinajstić information content (AvgIpc) is 2.95. The molecule has 0 amide bonds. The number of hydrogen-bond acceptors (Lipinski definition) is 10. The van der Waals surface area contributed by atoms with Crippen molar-refractivity contribution in [3.63, 3.8) is 0 Å². The van der Waals surface area contributed by atoms with Crippen LogP contribution in [0.1, 0.15) is 0 Å². The van der Waals surface area contributed by atoms with Crippen molar-refractivity contribution >= 4 is 9.84 Å². The summed E-state index contributed by atoms with van der Waals surface area (Å²) >= 11 is 0. The van der Waals surface area contributed by atoms with Crippen molar-refractivity contribution in [2.24, 2.45) is 0 Å². The predicted molar refractivity (Wildman–Crippen MR) is 97.0 cm³/mol. The Morgan fingerprint density at radius 3 is 1.44 bits per heavy atom. The van der Waals surface area contributed by atoms with Crippen LogP contribution in [-0.2, 0) is 28.8 Å². The van der Waals surface area contributed by atoms with Crippen LogP contribution in [0.15, 0.2) is 0 Å². The van der Waals surface area contributed by atoms with Gasteiger partial charge < -0.3 is 29.2 Å². The molecular weight excluding hydrogens is 380 g/mol. The van der Waals surface area contributed by atoms with Gasteiger partial charge in [0.1, 0.15) is 12.2 Å². The summed E-state index contributed by atoms with van der Waals surface area (Å²) in [6, 6.07) is -0.521. The van der Waals surface area contributed by atoms with E-state index < -0.39 is 34.6 Å². The van der Waals surface area contributed by atoms with Gasteiger partial charge in [0.05, 0.1) is 11.5 Å². The maximum absolute atomic E-state index is 12.3. The van der Waals surface area contributed by atoms with Crippen molar-refractivity contribution < 1.29 is 37.6 Å². The standard InChI is InChI=1S/C16H32N2O8S/c1-23-15(24-2)13(19)7-17-5-6-18(8-14(20)16(25-3)26-4)12-10-27(21,22)9-11(12)17/h11-16,19-20H,5-10H2,1-4H3. The molecule has 0 aromatic heterocycles. The monoisotopic (exact) mass is 412 g/mol. The van der Waals surface area contributed by atoms with Crippen molar-refractivity contribution in [1.82, 2.24) is 9.80 Å². The van der Waals surface area contributed by atoms with E-state index in [0.29, 0.717) is 13.1 Å². The Kier molecular flexibility index (Phi) is 8.40. The first-order valence-electron chi connectivity index (χ1n) is 8.92. The first-order chi connectivity index (χ1) is 12.8. The van der Waals surface area contributed by atoms with Gasteiger partial charge in [-0.25, -0.2) is 8.42 Å². The zero-order chi connectivity index (χ0) is 20.2. The minimum atomic E-state index is -3.20. The highest BCUT2D eigenvalue weighted by Gasteiger charge is 2.47. The summed E-state index contributed by atoms with van der Waals surface area (Å²) in [5.74, 6) is 0.0548. The summed E-state index contributed by atoms with van der Waals surface area (Å²) < 4.78 is 44.9. The molecule has 2 aliphatic rings. The van der Waals surface area contributed by atoms with E-state index in [0.717, 1.165) is 0 Å². The summed E-state index contributed by atoms with van der Waals surface area (Å²) in [6.45, 7) is 1.62. The Morgan fingerprint density at radius 2 is 1.15 bits per heavy atom. The topological polar surface area (TPSA) is 118 Å². The van der Waals surface area contributed by atoms with Crippen LogP contribution in [-0.4, -0.2) is 131 Å². The van der Waals surface area contributed by atoms with Gasteiger partial charge in [0.15, 0.2) is 22.4 Å². The number of piperazine rings is 1. The molecule has 0 aromatic carbocycles. The lowest BCUT2D eigenvalue weighted by atomic mass is 10.0. The van der Waals surface area contributed by atoms with Crippen molar-refractivity contribution in [2.45, 2.75) is 36.9 Å². The second kappa shape index (κ2) is 9.90. The lowest BCUT2D eigenvalue weighted by Crippen LogP contribution is -2.62. The lowest BCUT2D eigenvalue weighted by molar-refractivity contribution is -0.178. The summed E-state index contributed by atoms with van der Waals surface area (Å²) in [5, 5.41) is 20.7. The molecule has 0 aromatic rings. The molecule has 27 heavy (non-hydrogen) atoms. The smallest absolute Gasteiger partial charge is 0.183 e. The van der Waals surface area contributed by atoms with Crippen LogP contribution in [0.2, 0.25) is 0 Å². The lowest BCUT2D eigenvalue weighted by Gasteiger charge is -2.45. The van der Waals surface area contributed by atoms with E-state index in [1.165, 1.54) is 28.4 Å². The molecule has 4 unspecified atom stereocenters. The first-order valence-corrected chi connectivity index (χ1v) is 10.7. The molecule has 2 heterocycles. The number of methoxy groups -OCH3 is 4. The van der Waals surface area contributed by atoms with Crippen LogP contribution >= 0.6 is 0 Å².